The fourth-order valence-corrected chi connectivity index (χ4v) is 8.60. The molecule has 0 aliphatic heterocycles. The van der Waals surface area contributed by atoms with Crippen molar-refractivity contribution >= 4 is 56.5 Å². The molecule has 0 amide bonds. The zero-order valence-corrected chi connectivity index (χ0v) is 24.0. The molecule has 4 rings (SSSR count). The summed E-state index contributed by atoms with van der Waals surface area (Å²) >= 11 is 6.36. The fraction of sp³-hybridized carbons (Fsp3) is 0.250. The monoisotopic (exact) mass is 573 g/mol. The quantitative estimate of drug-likeness (QED) is 0.178. The number of esters is 1. The maximum absolute atomic E-state index is 15.0. The van der Waals surface area contributed by atoms with Gasteiger partial charge in [-0.2, -0.15) is 0 Å². The van der Waals surface area contributed by atoms with Crippen LogP contribution in [0.5, 0.6) is 0 Å². The lowest BCUT2D eigenvalue weighted by atomic mass is 10.0. The molecule has 0 aliphatic rings. The molecule has 0 N–H and O–H groups in total. The Morgan fingerprint density at radius 3 is 2.32 bits per heavy atom. The number of nitrogens with zero attached hydrogens (tertiary/aromatic N) is 1. The van der Waals surface area contributed by atoms with Gasteiger partial charge < -0.3 is 9.26 Å². The lowest BCUT2D eigenvalue weighted by molar-refractivity contribution is 0.0520. The molecule has 0 radical (unpaired) electrons. The zero-order chi connectivity index (χ0) is 27.7. The Hall–Kier alpha value is -2.90. The van der Waals surface area contributed by atoms with E-state index in [1.807, 2.05) is 19.9 Å². The molecule has 4 aromatic rings. The molecule has 200 valence electrons. The van der Waals surface area contributed by atoms with Gasteiger partial charge in [0.05, 0.1) is 28.9 Å². The van der Waals surface area contributed by atoms with Crippen LogP contribution in [0.15, 0.2) is 77.7 Å². The Kier molecular flexibility index (Phi) is 8.19. The first-order chi connectivity index (χ1) is 18.1. The number of carbonyl (C=O) groups is 1. The number of fused-ring (bicyclic) bond motifs is 1. The van der Waals surface area contributed by atoms with Gasteiger partial charge in [0.1, 0.15) is 0 Å². The van der Waals surface area contributed by atoms with E-state index in [9.17, 15) is 13.2 Å². The smallest absolute Gasteiger partial charge is 0.356 e. The highest BCUT2D eigenvalue weighted by Gasteiger charge is 2.42. The molecule has 0 saturated carbocycles. The Balaban J connectivity index is 2.21. The third kappa shape index (κ3) is 4.94. The van der Waals surface area contributed by atoms with Crippen molar-refractivity contribution in [1.29, 1.82) is 0 Å². The predicted molar refractivity (Wildman–Crippen MR) is 151 cm³/mol. The number of carbonyl (C=O) groups excluding carboxylic acids is 1. The molecular formula is C28H29ClNO6PS. The second-order valence-corrected chi connectivity index (χ2v) is 13.4. The van der Waals surface area contributed by atoms with Gasteiger partial charge in [-0.25, -0.2) is 17.2 Å². The standard InChI is InChI=1S/C28H29ClNO6PS/c1-5-35-28(31)26-27(37(32,36-6-2)22-12-10-11-20(17-22)19(3)4)24-18-21(29)15-16-25(24)30(26)38(33,34)23-13-8-7-9-14-23/h7-19H,5-6H2,1-4H3. The maximum atomic E-state index is 15.0. The van der Waals surface area contributed by atoms with Gasteiger partial charge in [-0.15, -0.1) is 0 Å². The number of benzene rings is 3. The van der Waals surface area contributed by atoms with Crippen molar-refractivity contribution < 1.29 is 27.0 Å². The maximum Gasteiger partial charge on any atom is 0.356 e. The van der Waals surface area contributed by atoms with Crippen LogP contribution in [0.3, 0.4) is 0 Å². The van der Waals surface area contributed by atoms with Crippen LogP contribution in [0.1, 0.15) is 49.7 Å². The van der Waals surface area contributed by atoms with Crippen LogP contribution in [0.25, 0.3) is 10.9 Å². The molecule has 10 heteroatoms. The van der Waals surface area contributed by atoms with Crippen molar-refractivity contribution in [2.24, 2.45) is 0 Å². The van der Waals surface area contributed by atoms with Crippen molar-refractivity contribution in [3.63, 3.8) is 0 Å². The summed E-state index contributed by atoms with van der Waals surface area (Å²) < 4.78 is 55.3. The molecule has 1 atom stereocenters. The normalized spacial score (nSPS) is 13.5. The van der Waals surface area contributed by atoms with Crippen LogP contribution >= 0.6 is 19.0 Å². The van der Waals surface area contributed by atoms with Gasteiger partial charge in [-0.05, 0) is 67.8 Å². The number of rotatable bonds is 9. The number of hydrogen-bond donors (Lipinski definition) is 0. The first-order valence-corrected chi connectivity index (χ1v) is 15.7. The van der Waals surface area contributed by atoms with E-state index >= 15 is 4.57 Å². The Morgan fingerprint density at radius 2 is 1.68 bits per heavy atom. The van der Waals surface area contributed by atoms with Gasteiger partial charge in [-0.3, -0.25) is 4.57 Å². The fourth-order valence-electron chi connectivity index (χ4n) is 4.36. The third-order valence-electron chi connectivity index (χ3n) is 6.09. The summed E-state index contributed by atoms with van der Waals surface area (Å²) in [6, 6.07) is 19.4. The van der Waals surface area contributed by atoms with Gasteiger partial charge in [0.2, 0.25) is 0 Å². The van der Waals surface area contributed by atoms with Crippen molar-refractivity contribution in [3.8, 4) is 0 Å². The second-order valence-electron chi connectivity index (χ2n) is 8.88. The molecule has 3 aromatic carbocycles. The minimum atomic E-state index is -4.33. The summed E-state index contributed by atoms with van der Waals surface area (Å²) in [5.74, 6) is -0.807. The van der Waals surface area contributed by atoms with Gasteiger partial charge in [-0.1, -0.05) is 55.8 Å². The van der Waals surface area contributed by atoms with Gasteiger partial charge in [0.15, 0.2) is 5.69 Å². The Labute approximate surface area is 227 Å². The molecule has 1 heterocycles. The molecule has 1 aromatic heterocycles. The highest BCUT2D eigenvalue weighted by atomic mass is 35.5. The SMILES string of the molecule is CCOC(=O)c1c(P(=O)(OCC)c2cccc(C(C)C)c2)c2cc(Cl)ccc2n1S(=O)(=O)c1ccccc1. The van der Waals surface area contributed by atoms with E-state index in [2.05, 4.69) is 0 Å². The Bertz CT molecular complexity index is 1650. The molecule has 0 spiro atoms. The summed E-state index contributed by atoms with van der Waals surface area (Å²) in [6.07, 6.45) is 0. The zero-order valence-electron chi connectivity index (χ0n) is 21.5. The highest BCUT2D eigenvalue weighted by molar-refractivity contribution is 7.90. The molecule has 0 saturated heterocycles. The predicted octanol–water partition coefficient (Wildman–Crippen LogP) is 6.10. The summed E-state index contributed by atoms with van der Waals surface area (Å²) in [5.41, 5.74) is 0.676. The van der Waals surface area contributed by atoms with Crippen LogP contribution in [-0.2, 0) is 23.8 Å². The van der Waals surface area contributed by atoms with Crippen molar-refractivity contribution in [2.45, 2.75) is 38.5 Å². The van der Waals surface area contributed by atoms with E-state index < -0.39 is 23.4 Å². The van der Waals surface area contributed by atoms with Gasteiger partial charge in [0, 0.05) is 15.7 Å². The van der Waals surface area contributed by atoms with E-state index in [0.717, 1.165) is 9.54 Å². The van der Waals surface area contributed by atoms with Crippen LogP contribution in [-0.4, -0.2) is 31.6 Å². The van der Waals surface area contributed by atoms with E-state index in [4.69, 9.17) is 20.9 Å². The lowest BCUT2D eigenvalue weighted by Crippen LogP contribution is -2.28. The summed E-state index contributed by atoms with van der Waals surface area (Å²) in [7, 11) is -8.39. The highest BCUT2D eigenvalue weighted by Crippen LogP contribution is 2.49. The Morgan fingerprint density at radius 1 is 0.974 bits per heavy atom. The second kappa shape index (κ2) is 11.1. The van der Waals surface area contributed by atoms with Crippen molar-refractivity contribution in [1.82, 2.24) is 3.97 Å². The first-order valence-electron chi connectivity index (χ1n) is 12.2. The topological polar surface area (TPSA) is 91.7 Å². The van der Waals surface area contributed by atoms with E-state index in [1.165, 1.54) is 30.3 Å². The molecule has 0 bridgehead atoms. The van der Waals surface area contributed by atoms with Crippen LogP contribution < -0.4 is 10.6 Å². The largest absolute Gasteiger partial charge is 0.461 e. The minimum absolute atomic E-state index is 0.0201. The van der Waals surface area contributed by atoms with Crippen LogP contribution in [0.4, 0.5) is 0 Å². The van der Waals surface area contributed by atoms with E-state index in [0.29, 0.717) is 5.30 Å². The number of halogens is 1. The average Bonchev–Trinajstić information content (AvgIpc) is 3.25. The number of hydrogen-bond acceptors (Lipinski definition) is 6. The van der Waals surface area contributed by atoms with E-state index in [1.54, 1.807) is 50.2 Å². The van der Waals surface area contributed by atoms with Gasteiger partial charge >= 0.3 is 5.97 Å². The summed E-state index contributed by atoms with van der Waals surface area (Å²) in [5, 5.41) is 0.789. The minimum Gasteiger partial charge on any atom is -0.461 e. The molecule has 1 unspecified atom stereocenters. The average molecular weight is 574 g/mol. The van der Waals surface area contributed by atoms with Crippen LogP contribution in [0.2, 0.25) is 5.02 Å². The number of aromatic nitrogens is 1. The molecule has 0 fully saturated rings. The van der Waals surface area contributed by atoms with Crippen LogP contribution in [0, 0.1) is 0 Å². The summed E-state index contributed by atoms with van der Waals surface area (Å²) in [6.45, 7) is 7.34. The molecule has 0 aliphatic carbocycles. The van der Waals surface area contributed by atoms with Crippen molar-refractivity contribution in [3.05, 3.63) is 89.1 Å². The first kappa shape index (κ1) is 28.1. The lowest BCUT2D eigenvalue weighted by Gasteiger charge is -2.21. The molecular weight excluding hydrogens is 545 g/mol. The van der Waals surface area contributed by atoms with E-state index in [-0.39, 0.29) is 51.0 Å². The van der Waals surface area contributed by atoms with Gasteiger partial charge in [0.25, 0.3) is 17.4 Å². The number of ether oxygens (including phenoxy) is 1. The van der Waals surface area contributed by atoms with Crippen molar-refractivity contribution in [2.75, 3.05) is 13.2 Å². The molecule has 38 heavy (non-hydrogen) atoms. The molecule has 7 nitrogen and oxygen atoms in total. The third-order valence-corrected chi connectivity index (χ3v) is 10.7. The summed E-state index contributed by atoms with van der Waals surface area (Å²) in [4.78, 5) is 13.5.